The summed E-state index contributed by atoms with van der Waals surface area (Å²) in [6.07, 6.45) is 1.52. The predicted molar refractivity (Wildman–Crippen MR) is 111 cm³/mol. The second-order valence-electron chi connectivity index (χ2n) is 6.07. The van der Waals surface area contributed by atoms with Crippen LogP contribution in [0.2, 0.25) is 5.15 Å². The van der Waals surface area contributed by atoms with E-state index in [1.807, 2.05) is 54.0 Å². The molecule has 0 aliphatic carbocycles. The largest absolute Gasteiger partial charge is 0.494 e. The molecule has 0 atom stereocenters. The summed E-state index contributed by atoms with van der Waals surface area (Å²) in [4.78, 5) is 13.6. The highest BCUT2D eigenvalue weighted by atomic mass is 35.5. The van der Waals surface area contributed by atoms with Gasteiger partial charge in [-0.15, -0.1) is 0 Å². The lowest BCUT2D eigenvalue weighted by molar-refractivity contribution is 0.327. The zero-order valence-electron chi connectivity index (χ0n) is 16.2. The Hall–Kier alpha value is -3.32. The second-order valence-corrected chi connectivity index (χ2v) is 6.46. The van der Waals surface area contributed by atoms with Gasteiger partial charge in [0.1, 0.15) is 27.9 Å². The number of hydrogen-bond acceptors (Lipinski definition) is 6. The molecule has 3 heterocycles. The molecule has 4 rings (SSSR count). The summed E-state index contributed by atoms with van der Waals surface area (Å²) in [5.74, 6) is 1.77. The van der Waals surface area contributed by atoms with Gasteiger partial charge >= 0.3 is 0 Å². The molecule has 0 unspecified atom stereocenters. The first-order valence-electron chi connectivity index (χ1n) is 9.01. The molecule has 8 heteroatoms. The number of hydrogen-bond donors (Lipinski definition) is 0. The minimum absolute atomic E-state index is 0.285. The summed E-state index contributed by atoms with van der Waals surface area (Å²) in [5, 5.41) is 0.285. The van der Waals surface area contributed by atoms with Crippen molar-refractivity contribution in [2.45, 2.75) is 6.92 Å². The van der Waals surface area contributed by atoms with E-state index in [9.17, 15) is 0 Å². The van der Waals surface area contributed by atoms with Gasteiger partial charge in [-0.2, -0.15) is 0 Å². The van der Waals surface area contributed by atoms with Gasteiger partial charge in [-0.1, -0.05) is 23.7 Å². The molecule has 0 N–H and O–H groups in total. The van der Waals surface area contributed by atoms with Crippen molar-refractivity contribution in [2.75, 3.05) is 20.8 Å². The minimum Gasteiger partial charge on any atom is -0.494 e. The molecule has 0 amide bonds. The molecule has 1 aromatic carbocycles. The van der Waals surface area contributed by atoms with Crippen LogP contribution in [0.25, 0.3) is 28.2 Å². The lowest BCUT2D eigenvalue weighted by Gasteiger charge is -2.17. The van der Waals surface area contributed by atoms with E-state index in [-0.39, 0.29) is 5.15 Å². The molecule has 0 saturated heterocycles. The maximum absolute atomic E-state index is 6.16. The average Bonchev–Trinajstić information content (AvgIpc) is 3.11. The molecule has 0 radical (unpaired) electrons. The summed E-state index contributed by atoms with van der Waals surface area (Å²) >= 11 is 6.16. The first-order chi connectivity index (χ1) is 14.2. The Balaban J connectivity index is 2.07. The fourth-order valence-electron chi connectivity index (χ4n) is 3.19. The smallest absolute Gasteiger partial charge is 0.213 e. The van der Waals surface area contributed by atoms with Crippen molar-refractivity contribution in [1.29, 1.82) is 0 Å². The van der Waals surface area contributed by atoms with Gasteiger partial charge in [-0.05, 0) is 31.2 Å². The quantitative estimate of drug-likeness (QED) is 0.464. The van der Waals surface area contributed by atoms with E-state index in [1.54, 1.807) is 14.2 Å². The predicted octanol–water partition coefficient (Wildman–Crippen LogP) is 4.55. The molecule has 0 aliphatic heterocycles. The number of methoxy groups -OCH3 is 2. The van der Waals surface area contributed by atoms with Gasteiger partial charge in [-0.25, -0.2) is 15.0 Å². The van der Waals surface area contributed by atoms with Gasteiger partial charge in [-0.3, -0.25) is 4.57 Å². The van der Waals surface area contributed by atoms with Gasteiger partial charge in [0.15, 0.2) is 5.65 Å². The van der Waals surface area contributed by atoms with Crippen LogP contribution in [0.15, 0.2) is 48.7 Å². The van der Waals surface area contributed by atoms with Crippen molar-refractivity contribution in [3.05, 3.63) is 53.8 Å². The van der Waals surface area contributed by atoms with Gasteiger partial charge in [0.05, 0.1) is 38.4 Å². The molecule has 148 valence electrons. The average molecular weight is 411 g/mol. The monoisotopic (exact) mass is 410 g/mol. The first-order valence-corrected chi connectivity index (χ1v) is 9.39. The van der Waals surface area contributed by atoms with E-state index >= 15 is 0 Å². The molecule has 4 aromatic rings. The number of rotatable bonds is 6. The first kappa shape index (κ1) is 19.0. The lowest BCUT2D eigenvalue weighted by Crippen LogP contribution is -2.05. The van der Waals surface area contributed by atoms with E-state index in [2.05, 4.69) is 15.0 Å². The number of halogens is 1. The SMILES string of the molecule is CCOc1cccc(-c2cc3ncc(Cl)nc3n2-c2c(OC)cccc2OC)n1. The van der Waals surface area contributed by atoms with Crippen LogP contribution in [0.1, 0.15) is 6.92 Å². The second kappa shape index (κ2) is 7.97. The summed E-state index contributed by atoms with van der Waals surface area (Å²) < 4.78 is 18.7. The molecule has 29 heavy (non-hydrogen) atoms. The van der Waals surface area contributed by atoms with Crippen LogP contribution in [-0.4, -0.2) is 40.3 Å². The molecule has 3 aromatic heterocycles. The zero-order chi connectivity index (χ0) is 20.4. The minimum atomic E-state index is 0.285. The fourth-order valence-corrected chi connectivity index (χ4v) is 3.32. The molecule has 0 saturated carbocycles. The highest BCUT2D eigenvalue weighted by molar-refractivity contribution is 6.29. The Labute approximate surface area is 172 Å². The van der Waals surface area contributed by atoms with Crippen LogP contribution in [0.3, 0.4) is 0 Å². The Kier molecular flexibility index (Phi) is 5.22. The van der Waals surface area contributed by atoms with Crippen LogP contribution < -0.4 is 14.2 Å². The lowest BCUT2D eigenvalue weighted by atomic mass is 10.2. The summed E-state index contributed by atoms with van der Waals surface area (Å²) in [6.45, 7) is 2.44. The summed E-state index contributed by atoms with van der Waals surface area (Å²) in [6, 6.07) is 13.1. The number of pyridine rings is 1. The summed E-state index contributed by atoms with van der Waals surface area (Å²) in [7, 11) is 3.21. The topological polar surface area (TPSA) is 71.3 Å². The number of benzene rings is 1. The maximum atomic E-state index is 6.16. The molecule has 7 nitrogen and oxygen atoms in total. The molecule has 0 aliphatic rings. The summed E-state index contributed by atoms with van der Waals surface area (Å²) in [5.41, 5.74) is 3.37. The van der Waals surface area contributed by atoms with Crippen LogP contribution in [0.4, 0.5) is 0 Å². The van der Waals surface area contributed by atoms with Crippen molar-refractivity contribution in [3.63, 3.8) is 0 Å². The standard InChI is InChI=1S/C21H19ClN4O3/c1-4-29-19-10-5-7-13(24-19)15-11-14-21(25-18(22)12-23-14)26(15)20-16(27-2)8-6-9-17(20)28-3/h5-12H,4H2,1-3H3. The van der Waals surface area contributed by atoms with Crippen LogP contribution in [-0.2, 0) is 0 Å². The molecule has 0 fully saturated rings. The zero-order valence-corrected chi connectivity index (χ0v) is 17.0. The van der Waals surface area contributed by atoms with Gasteiger partial charge in [0.25, 0.3) is 0 Å². The molecule has 0 spiro atoms. The van der Waals surface area contributed by atoms with E-state index in [0.29, 0.717) is 46.5 Å². The van der Waals surface area contributed by atoms with Gasteiger partial charge in [0.2, 0.25) is 5.88 Å². The molecule has 0 bridgehead atoms. The normalized spacial score (nSPS) is 10.9. The van der Waals surface area contributed by atoms with Crippen molar-refractivity contribution in [2.24, 2.45) is 0 Å². The van der Waals surface area contributed by atoms with Gasteiger partial charge in [0, 0.05) is 6.07 Å². The number of ether oxygens (including phenoxy) is 3. The number of nitrogens with zero attached hydrogens (tertiary/aromatic N) is 4. The third kappa shape index (κ3) is 3.45. The van der Waals surface area contributed by atoms with E-state index in [4.69, 9.17) is 25.8 Å². The molecular formula is C21H19ClN4O3. The number of para-hydroxylation sites is 1. The van der Waals surface area contributed by atoms with Crippen LogP contribution in [0.5, 0.6) is 17.4 Å². The Bertz CT molecular complexity index is 1150. The highest BCUT2D eigenvalue weighted by Crippen LogP contribution is 2.39. The Morgan fingerprint density at radius 3 is 2.41 bits per heavy atom. The maximum Gasteiger partial charge on any atom is 0.213 e. The van der Waals surface area contributed by atoms with Crippen LogP contribution >= 0.6 is 11.6 Å². The van der Waals surface area contributed by atoms with E-state index in [1.165, 1.54) is 6.20 Å². The van der Waals surface area contributed by atoms with Crippen molar-refractivity contribution >= 4 is 22.8 Å². The third-order valence-electron chi connectivity index (χ3n) is 4.38. The van der Waals surface area contributed by atoms with Crippen LogP contribution in [0, 0.1) is 0 Å². The number of fused-ring (bicyclic) bond motifs is 1. The highest BCUT2D eigenvalue weighted by Gasteiger charge is 2.22. The number of aromatic nitrogens is 4. The Morgan fingerprint density at radius 2 is 1.72 bits per heavy atom. The third-order valence-corrected chi connectivity index (χ3v) is 4.56. The Morgan fingerprint density at radius 1 is 1.00 bits per heavy atom. The van der Waals surface area contributed by atoms with Gasteiger partial charge < -0.3 is 14.2 Å². The van der Waals surface area contributed by atoms with E-state index < -0.39 is 0 Å². The van der Waals surface area contributed by atoms with E-state index in [0.717, 1.165) is 5.69 Å². The molecular weight excluding hydrogens is 392 g/mol. The fraction of sp³-hybridized carbons (Fsp3) is 0.190. The van der Waals surface area contributed by atoms with Crippen molar-refractivity contribution in [3.8, 4) is 34.5 Å². The van der Waals surface area contributed by atoms with Crippen molar-refractivity contribution in [1.82, 2.24) is 19.5 Å². The van der Waals surface area contributed by atoms with Crippen molar-refractivity contribution < 1.29 is 14.2 Å².